The van der Waals surface area contributed by atoms with Crippen molar-refractivity contribution in [2.45, 2.75) is 51.9 Å². The van der Waals surface area contributed by atoms with Gasteiger partial charge in [-0.1, -0.05) is 42.0 Å². The van der Waals surface area contributed by atoms with E-state index in [4.69, 9.17) is 4.74 Å². The fraction of sp³-hybridized carbons (Fsp3) is 0.417. The molecular weight excluding hydrogens is 336 g/mol. The molecule has 1 aliphatic carbocycles. The Morgan fingerprint density at radius 1 is 0.963 bits per heavy atom. The number of ether oxygens (including phenoxy) is 1. The highest BCUT2D eigenvalue weighted by molar-refractivity contribution is 6.10. The first-order chi connectivity index (χ1) is 12.9. The van der Waals surface area contributed by atoms with Crippen LogP contribution in [0.25, 0.3) is 0 Å². The molecule has 0 aromatic heterocycles. The van der Waals surface area contributed by atoms with E-state index in [0.717, 1.165) is 34.2 Å². The number of rotatable bonds is 5. The molecule has 0 unspecified atom stereocenters. The van der Waals surface area contributed by atoms with Crippen LogP contribution in [0.2, 0.25) is 0 Å². The van der Waals surface area contributed by atoms with Gasteiger partial charge in [-0.2, -0.15) is 0 Å². The molecule has 0 aliphatic heterocycles. The molecule has 142 valence electrons. The third-order valence-electron chi connectivity index (χ3n) is 5.64. The Morgan fingerprint density at radius 3 is 2.15 bits per heavy atom. The van der Waals surface area contributed by atoms with Crippen molar-refractivity contribution in [3.8, 4) is 0 Å². The van der Waals surface area contributed by atoms with Gasteiger partial charge in [-0.05, 0) is 60.9 Å². The van der Waals surface area contributed by atoms with Gasteiger partial charge in [-0.15, -0.1) is 0 Å². The zero-order chi connectivity index (χ0) is 19.6. The first-order valence-electron chi connectivity index (χ1n) is 9.62. The van der Waals surface area contributed by atoms with Crippen molar-refractivity contribution in [2.75, 3.05) is 13.7 Å². The smallest absolute Gasteiger partial charge is 0.148 e. The average Bonchev–Trinajstić information content (AvgIpc) is 2.61. The maximum Gasteiger partial charge on any atom is 0.148 e. The lowest BCUT2D eigenvalue weighted by atomic mass is 9.71. The molecule has 1 fully saturated rings. The molecule has 1 saturated carbocycles. The lowest BCUT2D eigenvalue weighted by Gasteiger charge is -2.30. The first-order valence-corrected chi connectivity index (χ1v) is 9.62. The van der Waals surface area contributed by atoms with Crippen LogP contribution in [0.3, 0.4) is 0 Å². The molecule has 0 radical (unpaired) electrons. The molecule has 3 nitrogen and oxygen atoms in total. The van der Waals surface area contributed by atoms with Crippen LogP contribution in [0.1, 0.15) is 58.1 Å². The minimum atomic E-state index is -0.604. The molecule has 2 aromatic carbocycles. The van der Waals surface area contributed by atoms with Crippen LogP contribution in [0, 0.1) is 20.8 Å². The van der Waals surface area contributed by atoms with Gasteiger partial charge in [0.05, 0.1) is 6.61 Å². The van der Waals surface area contributed by atoms with E-state index in [2.05, 4.69) is 24.3 Å². The predicted molar refractivity (Wildman–Crippen MR) is 107 cm³/mol. The summed E-state index contributed by atoms with van der Waals surface area (Å²) in [5, 5.41) is 0. The minimum Gasteiger partial charge on any atom is -0.384 e. The number of hydrogen-bond acceptors (Lipinski definition) is 3. The van der Waals surface area contributed by atoms with E-state index in [9.17, 15) is 9.59 Å². The van der Waals surface area contributed by atoms with Gasteiger partial charge < -0.3 is 4.74 Å². The number of Topliss-reactive ketones (excluding diaryl/α,β-unsaturated/α-hetero) is 2. The lowest BCUT2D eigenvalue weighted by molar-refractivity contribution is -0.132. The number of hydrogen-bond donors (Lipinski definition) is 0. The summed E-state index contributed by atoms with van der Waals surface area (Å²) in [6.45, 7) is 6.68. The van der Waals surface area contributed by atoms with E-state index >= 15 is 0 Å². The maximum atomic E-state index is 13.1. The van der Waals surface area contributed by atoms with Crippen LogP contribution in [0.5, 0.6) is 0 Å². The second-order valence-corrected chi connectivity index (χ2v) is 7.72. The molecule has 27 heavy (non-hydrogen) atoms. The Morgan fingerprint density at radius 2 is 1.56 bits per heavy atom. The van der Waals surface area contributed by atoms with Gasteiger partial charge in [0.1, 0.15) is 17.5 Å². The number of carbonyl (C=O) groups excluding carboxylic acids is 2. The van der Waals surface area contributed by atoms with Crippen LogP contribution < -0.4 is 0 Å². The summed E-state index contributed by atoms with van der Waals surface area (Å²) >= 11 is 0. The third kappa shape index (κ3) is 4.03. The Kier molecular flexibility index (Phi) is 5.91. The summed E-state index contributed by atoms with van der Waals surface area (Å²) in [4.78, 5) is 26.1. The van der Waals surface area contributed by atoms with E-state index in [1.165, 1.54) is 5.56 Å². The Hall–Kier alpha value is -2.26. The second-order valence-electron chi connectivity index (χ2n) is 7.72. The van der Waals surface area contributed by atoms with Crippen LogP contribution in [-0.2, 0) is 20.7 Å². The highest BCUT2D eigenvalue weighted by atomic mass is 16.5. The summed E-state index contributed by atoms with van der Waals surface area (Å²) in [7, 11) is 1.69. The molecule has 0 bridgehead atoms. The van der Waals surface area contributed by atoms with E-state index in [-0.39, 0.29) is 17.5 Å². The number of benzene rings is 2. The van der Waals surface area contributed by atoms with Crippen molar-refractivity contribution in [3.05, 3.63) is 69.8 Å². The van der Waals surface area contributed by atoms with Crippen LogP contribution >= 0.6 is 0 Å². The van der Waals surface area contributed by atoms with Crippen LogP contribution in [-0.4, -0.2) is 25.3 Å². The minimum absolute atomic E-state index is 0.0274. The number of carbonyl (C=O) groups is 2. The summed E-state index contributed by atoms with van der Waals surface area (Å²) < 4.78 is 5.21. The van der Waals surface area contributed by atoms with Crippen molar-refractivity contribution in [1.82, 2.24) is 0 Å². The summed E-state index contributed by atoms with van der Waals surface area (Å²) in [6.07, 6.45) is 1.64. The van der Waals surface area contributed by atoms with Crippen molar-refractivity contribution in [3.63, 3.8) is 0 Å². The van der Waals surface area contributed by atoms with Crippen molar-refractivity contribution >= 4 is 11.6 Å². The molecular formula is C24H28O3. The van der Waals surface area contributed by atoms with Gasteiger partial charge in [-0.3, -0.25) is 9.59 Å². The molecule has 3 rings (SSSR count). The van der Waals surface area contributed by atoms with Gasteiger partial charge in [-0.25, -0.2) is 0 Å². The topological polar surface area (TPSA) is 43.4 Å². The lowest BCUT2D eigenvalue weighted by Crippen LogP contribution is -2.32. The highest BCUT2D eigenvalue weighted by Gasteiger charge is 2.38. The van der Waals surface area contributed by atoms with Crippen molar-refractivity contribution in [2.24, 2.45) is 0 Å². The van der Waals surface area contributed by atoms with E-state index in [0.29, 0.717) is 19.4 Å². The van der Waals surface area contributed by atoms with E-state index in [1.54, 1.807) is 7.11 Å². The first kappa shape index (κ1) is 19.5. The molecule has 0 atom stereocenters. The second kappa shape index (κ2) is 8.18. The van der Waals surface area contributed by atoms with Gasteiger partial charge in [0, 0.05) is 20.0 Å². The zero-order valence-corrected chi connectivity index (χ0v) is 16.7. The van der Waals surface area contributed by atoms with Gasteiger partial charge in [0.25, 0.3) is 0 Å². The zero-order valence-electron chi connectivity index (χ0n) is 16.7. The predicted octanol–water partition coefficient (Wildman–Crippen LogP) is 4.60. The van der Waals surface area contributed by atoms with E-state index < -0.39 is 5.92 Å². The molecule has 1 aliphatic rings. The average molecular weight is 364 g/mol. The molecule has 0 N–H and O–H groups in total. The fourth-order valence-corrected chi connectivity index (χ4v) is 4.53. The molecule has 2 aromatic rings. The Balaban J connectivity index is 1.89. The maximum absolute atomic E-state index is 13.1. The normalized spacial score (nSPS) is 20.1. The van der Waals surface area contributed by atoms with Crippen LogP contribution in [0.15, 0.2) is 36.4 Å². The van der Waals surface area contributed by atoms with Gasteiger partial charge in [0.2, 0.25) is 0 Å². The largest absolute Gasteiger partial charge is 0.384 e. The Bertz CT molecular complexity index is 825. The fourth-order valence-electron chi connectivity index (χ4n) is 4.53. The number of aryl methyl sites for hydroxylation is 3. The number of methoxy groups -OCH3 is 1. The summed E-state index contributed by atoms with van der Waals surface area (Å²) in [6, 6.07) is 12.2. The monoisotopic (exact) mass is 364 g/mol. The summed E-state index contributed by atoms with van der Waals surface area (Å²) in [5.41, 5.74) is 6.45. The molecule has 0 spiro atoms. The van der Waals surface area contributed by atoms with Gasteiger partial charge >= 0.3 is 0 Å². The molecule has 0 amide bonds. The molecule has 0 saturated heterocycles. The van der Waals surface area contributed by atoms with E-state index in [1.807, 2.05) is 32.9 Å². The molecule has 0 heterocycles. The van der Waals surface area contributed by atoms with Gasteiger partial charge in [0.15, 0.2) is 0 Å². The summed E-state index contributed by atoms with van der Waals surface area (Å²) in [5.74, 6) is -0.533. The third-order valence-corrected chi connectivity index (χ3v) is 5.64. The Labute approximate surface area is 161 Å². The standard InChI is InChI=1S/C24H28O3/c1-15-11-16(2)23(17(3)12-15)24-21(25)13-19(14-22(24)26)20-8-6-5-7-18(20)9-10-27-4/h5-8,11-12,19,24H,9-10,13-14H2,1-4H3. The number of ketones is 2. The SMILES string of the molecule is COCCc1ccccc1C1CC(=O)C(c2c(C)cc(C)cc2C)C(=O)C1. The van der Waals surface area contributed by atoms with Crippen molar-refractivity contribution in [1.29, 1.82) is 0 Å². The molecule has 3 heteroatoms. The van der Waals surface area contributed by atoms with Crippen molar-refractivity contribution < 1.29 is 14.3 Å². The quantitative estimate of drug-likeness (QED) is 0.728. The highest BCUT2D eigenvalue weighted by Crippen LogP contribution is 2.39. The van der Waals surface area contributed by atoms with Crippen LogP contribution in [0.4, 0.5) is 0 Å².